The molecule has 150 valence electrons. The molecule has 5 aromatic rings. The average molecular weight is 408 g/mol. The molecule has 6 rings (SSSR count). The van der Waals surface area contributed by atoms with Crippen molar-refractivity contribution in [2.45, 2.75) is 25.3 Å². The minimum Gasteiger partial charge on any atom is -0.303 e. The van der Waals surface area contributed by atoms with E-state index in [4.69, 9.17) is 11.6 Å². The second-order valence-electron chi connectivity index (χ2n) is 7.55. The Morgan fingerprint density at radius 3 is 3.03 bits per heavy atom. The fourth-order valence-corrected chi connectivity index (χ4v) is 4.39. The molecule has 9 heteroatoms. The minimum absolute atomic E-state index is 0.130. The Labute approximate surface area is 175 Å². The van der Waals surface area contributed by atoms with Gasteiger partial charge < -0.3 is 4.98 Å². The number of benzene rings is 1. The molecule has 1 N–H and O–H groups in total. The van der Waals surface area contributed by atoms with Gasteiger partial charge in [0.15, 0.2) is 11.3 Å². The number of hydrogen-bond donors (Lipinski definition) is 1. The number of aromatic amines is 1. The summed E-state index contributed by atoms with van der Waals surface area (Å²) in [7, 11) is 0. The maximum absolute atomic E-state index is 12.9. The normalized spacial score (nSPS) is 15.8. The number of aromatic nitrogens is 7. The topological polar surface area (TPSA) is 98.6 Å². The van der Waals surface area contributed by atoms with Crippen LogP contribution in [0.25, 0.3) is 33.0 Å². The van der Waals surface area contributed by atoms with Gasteiger partial charge in [-0.1, -0.05) is 12.1 Å². The Morgan fingerprint density at radius 1 is 1.19 bits per heavy atom. The van der Waals surface area contributed by atoms with E-state index in [0.717, 1.165) is 41.6 Å². The molecule has 0 bridgehead atoms. The van der Waals surface area contributed by atoms with Crippen LogP contribution in [0.1, 0.15) is 30.1 Å². The monoisotopic (exact) mass is 408 g/mol. The molecule has 0 aliphatic heterocycles. The first-order chi connectivity index (χ1) is 15.2. The molecule has 1 aromatic carbocycles. The van der Waals surface area contributed by atoms with Gasteiger partial charge in [-0.3, -0.25) is 14.1 Å². The van der Waals surface area contributed by atoms with E-state index in [1.807, 2.05) is 12.1 Å². The molecule has 4 aromatic heterocycles. The van der Waals surface area contributed by atoms with Gasteiger partial charge in [-0.15, -0.1) is 0 Å². The largest absolute Gasteiger partial charge is 0.328 e. The molecule has 1 aliphatic carbocycles. The molecule has 0 saturated heterocycles. The van der Waals surface area contributed by atoms with Gasteiger partial charge in [0, 0.05) is 11.9 Å². The number of pyridine rings is 1. The zero-order valence-electron chi connectivity index (χ0n) is 16.4. The van der Waals surface area contributed by atoms with Crippen LogP contribution in [0.3, 0.4) is 0 Å². The number of H-pyrrole nitrogens is 1. The van der Waals surface area contributed by atoms with Crippen molar-refractivity contribution in [3.63, 3.8) is 0 Å². The first-order valence-electron chi connectivity index (χ1n) is 9.99. The van der Waals surface area contributed by atoms with Crippen LogP contribution in [0.15, 0.2) is 53.8 Å². The number of aryl methyl sites for hydroxylation is 1. The van der Waals surface area contributed by atoms with Crippen molar-refractivity contribution in [2.24, 2.45) is 0 Å². The van der Waals surface area contributed by atoms with E-state index in [-0.39, 0.29) is 11.7 Å². The standard InChI is InChI=1S/C22H16N8O/c1-23-13-7-8-16-19(10-13)29(12-26-16)21-25-11-17-20(28-21)30(22(31)27-17)18-6-2-5-15-14(18)4-3-9-24-15/h3-4,7-12,18H,2,5-6H2,(H,27,31). The number of rotatable bonds is 2. The van der Waals surface area contributed by atoms with Gasteiger partial charge in [-0.2, -0.15) is 4.98 Å². The fraction of sp³-hybridized carbons (Fsp3) is 0.182. The zero-order valence-corrected chi connectivity index (χ0v) is 16.4. The van der Waals surface area contributed by atoms with Crippen LogP contribution in [0.2, 0.25) is 0 Å². The second kappa shape index (κ2) is 6.60. The molecule has 9 nitrogen and oxygen atoms in total. The predicted octanol–water partition coefficient (Wildman–Crippen LogP) is 3.33. The van der Waals surface area contributed by atoms with Gasteiger partial charge in [0.1, 0.15) is 11.8 Å². The zero-order chi connectivity index (χ0) is 20.9. The summed E-state index contributed by atoms with van der Waals surface area (Å²) in [6.07, 6.45) is 7.75. The molecule has 0 saturated carbocycles. The summed E-state index contributed by atoms with van der Waals surface area (Å²) in [4.78, 5) is 37.4. The number of hydrogen-bond acceptors (Lipinski definition) is 5. The molecule has 0 spiro atoms. The third-order valence-electron chi connectivity index (χ3n) is 5.81. The highest BCUT2D eigenvalue weighted by atomic mass is 16.1. The van der Waals surface area contributed by atoms with E-state index >= 15 is 0 Å². The van der Waals surface area contributed by atoms with Crippen LogP contribution in [0.4, 0.5) is 5.69 Å². The third-order valence-corrected chi connectivity index (χ3v) is 5.81. The Balaban J connectivity index is 1.56. The lowest BCUT2D eigenvalue weighted by atomic mass is 9.91. The third kappa shape index (κ3) is 2.65. The van der Waals surface area contributed by atoms with E-state index in [9.17, 15) is 4.79 Å². The lowest BCUT2D eigenvalue weighted by Gasteiger charge is -2.25. The van der Waals surface area contributed by atoms with E-state index in [1.165, 1.54) is 0 Å². The van der Waals surface area contributed by atoms with Crippen LogP contribution in [-0.4, -0.2) is 34.1 Å². The van der Waals surface area contributed by atoms with Crippen LogP contribution in [0.5, 0.6) is 0 Å². The molecule has 0 radical (unpaired) electrons. The van der Waals surface area contributed by atoms with Crippen molar-refractivity contribution in [2.75, 3.05) is 0 Å². The first-order valence-corrected chi connectivity index (χ1v) is 9.99. The molecule has 31 heavy (non-hydrogen) atoms. The smallest absolute Gasteiger partial charge is 0.303 e. The summed E-state index contributed by atoms with van der Waals surface area (Å²) in [6.45, 7) is 7.28. The van der Waals surface area contributed by atoms with Crippen LogP contribution >= 0.6 is 0 Å². The summed E-state index contributed by atoms with van der Waals surface area (Å²) in [5.74, 6) is 0.395. The highest BCUT2D eigenvalue weighted by Gasteiger charge is 2.26. The van der Waals surface area contributed by atoms with E-state index in [1.54, 1.807) is 46.1 Å². The van der Waals surface area contributed by atoms with Crippen molar-refractivity contribution in [3.05, 3.63) is 82.2 Å². The van der Waals surface area contributed by atoms with Gasteiger partial charge in [-0.25, -0.2) is 19.6 Å². The Kier molecular flexibility index (Phi) is 3.73. The molecule has 1 atom stereocenters. The summed E-state index contributed by atoms with van der Waals surface area (Å²) >= 11 is 0. The highest BCUT2D eigenvalue weighted by molar-refractivity contribution is 5.81. The number of fused-ring (bicyclic) bond motifs is 3. The Morgan fingerprint density at radius 2 is 2.13 bits per heavy atom. The molecule has 1 aliphatic rings. The predicted molar refractivity (Wildman–Crippen MR) is 114 cm³/mol. The van der Waals surface area contributed by atoms with Crippen LogP contribution in [-0.2, 0) is 6.42 Å². The van der Waals surface area contributed by atoms with Gasteiger partial charge in [0.05, 0.1) is 29.8 Å². The van der Waals surface area contributed by atoms with Crippen molar-refractivity contribution in [1.29, 1.82) is 0 Å². The molecular formula is C22H16N8O. The Bertz CT molecular complexity index is 1570. The van der Waals surface area contributed by atoms with E-state index in [0.29, 0.717) is 22.8 Å². The molecule has 0 amide bonds. The summed E-state index contributed by atoms with van der Waals surface area (Å²) < 4.78 is 3.45. The lowest BCUT2D eigenvalue weighted by Crippen LogP contribution is -2.27. The Hall–Kier alpha value is -4.32. The quantitative estimate of drug-likeness (QED) is 0.452. The van der Waals surface area contributed by atoms with Gasteiger partial charge in [-0.05, 0) is 43.0 Å². The number of imidazole rings is 2. The van der Waals surface area contributed by atoms with Gasteiger partial charge in [0.2, 0.25) is 5.95 Å². The van der Waals surface area contributed by atoms with Crippen molar-refractivity contribution < 1.29 is 0 Å². The van der Waals surface area contributed by atoms with Crippen LogP contribution < -0.4 is 5.69 Å². The van der Waals surface area contributed by atoms with Crippen molar-refractivity contribution >= 4 is 27.9 Å². The maximum Gasteiger partial charge on any atom is 0.328 e. The maximum atomic E-state index is 12.9. The minimum atomic E-state index is -0.214. The highest BCUT2D eigenvalue weighted by Crippen LogP contribution is 2.32. The fourth-order valence-electron chi connectivity index (χ4n) is 4.39. The number of nitrogens with zero attached hydrogens (tertiary/aromatic N) is 7. The summed E-state index contributed by atoms with van der Waals surface area (Å²) in [6, 6.07) is 9.11. The van der Waals surface area contributed by atoms with E-state index < -0.39 is 0 Å². The summed E-state index contributed by atoms with van der Waals surface area (Å²) in [5, 5.41) is 0. The second-order valence-corrected chi connectivity index (χ2v) is 7.55. The molecule has 0 fully saturated rings. The van der Waals surface area contributed by atoms with Gasteiger partial charge >= 0.3 is 5.69 Å². The lowest BCUT2D eigenvalue weighted by molar-refractivity contribution is 0.481. The van der Waals surface area contributed by atoms with Crippen molar-refractivity contribution in [1.82, 2.24) is 34.1 Å². The SMILES string of the molecule is [C-]#[N+]c1ccc2ncn(-c3ncc4[nH]c(=O)n(C5CCCc6ncccc65)c4n3)c2c1. The molecule has 4 heterocycles. The summed E-state index contributed by atoms with van der Waals surface area (Å²) in [5.41, 5.74) is 5.00. The van der Waals surface area contributed by atoms with Crippen molar-refractivity contribution in [3.8, 4) is 5.95 Å². The number of nitrogens with one attached hydrogen (secondary N) is 1. The van der Waals surface area contributed by atoms with Crippen LogP contribution in [0, 0.1) is 6.57 Å². The first kappa shape index (κ1) is 17.5. The molecule has 1 unspecified atom stereocenters. The average Bonchev–Trinajstić information content (AvgIpc) is 3.37. The van der Waals surface area contributed by atoms with Gasteiger partial charge in [0.25, 0.3) is 0 Å². The van der Waals surface area contributed by atoms with E-state index in [2.05, 4.69) is 24.8 Å². The molecular weight excluding hydrogens is 392 g/mol.